The van der Waals surface area contributed by atoms with Gasteiger partial charge in [-0.05, 0) is 108 Å². The van der Waals surface area contributed by atoms with Gasteiger partial charge in [-0.1, -0.05) is 145 Å². The molecule has 11 aromatic rings. The highest BCUT2D eigenvalue weighted by Crippen LogP contribution is 2.41. The summed E-state index contributed by atoms with van der Waals surface area (Å²) in [6.45, 7) is 2.13. The minimum absolute atomic E-state index is 0.907. The number of para-hydroxylation sites is 3. The van der Waals surface area contributed by atoms with Crippen LogP contribution in [-0.4, -0.2) is 4.57 Å². The highest BCUT2D eigenvalue weighted by atomic mass is 16.3. The van der Waals surface area contributed by atoms with Gasteiger partial charge in [-0.3, -0.25) is 0 Å². The van der Waals surface area contributed by atoms with Crippen molar-refractivity contribution in [1.29, 1.82) is 0 Å². The van der Waals surface area contributed by atoms with Gasteiger partial charge in [-0.15, -0.1) is 0 Å². The molecular formula is C55H38N2O. The Kier molecular flexibility index (Phi) is 8.04. The summed E-state index contributed by atoms with van der Waals surface area (Å²) >= 11 is 0. The van der Waals surface area contributed by atoms with E-state index in [-0.39, 0.29) is 0 Å². The Balaban J connectivity index is 0.979. The molecule has 58 heavy (non-hydrogen) atoms. The first-order valence-electron chi connectivity index (χ1n) is 19.8. The van der Waals surface area contributed by atoms with E-state index in [2.05, 4.69) is 217 Å². The predicted octanol–water partition coefficient (Wildman–Crippen LogP) is 15.5. The number of aryl methyl sites for hydroxylation is 1. The molecule has 0 fully saturated rings. The van der Waals surface area contributed by atoms with Crippen LogP contribution < -0.4 is 4.90 Å². The molecular weight excluding hydrogens is 705 g/mol. The lowest BCUT2D eigenvalue weighted by Gasteiger charge is -2.26. The van der Waals surface area contributed by atoms with E-state index in [1.165, 1.54) is 55.3 Å². The highest BCUT2D eigenvalue weighted by Gasteiger charge is 2.17. The fraction of sp³-hybridized carbons (Fsp3) is 0.0182. The van der Waals surface area contributed by atoms with E-state index in [0.717, 1.165) is 50.1 Å². The minimum Gasteiger partial charge on any atom is -0.455 e. The molecule has 0 amide bonds. The fourth-order valence-corrected chi connectivity index (χ4v) is 8.57. The fourth-order valence-electron chi connectivity index (χ4n) is 8.57. The third-order valence-electron chi connectivity index (χ3n) is 11.5. The van der Waals surface area contributed by atoms with Crippen molar-refractivity contribution in [3.63, 3.8) is 0 Å². The van der Waals surface area contributed by atoms with Crippen molar-refractivity contribution >= 4 is 60.8 Å². The van der Waals surface area contributed by atoms with E-state index >= 15 is 0 Å². The molecule has 0 atom stereocenters. The van der Waals surface area contributed by atoms with Crippen LogP contribution in [0.25, 0.3) is 82.8 Å². The minimum atomic E-state index is 0.907. The molecule has 0 N–H and O–H groups in total. The van der Waals surface area contributed by atoms with E-state index in [1.54, 1.807) is 0 Å². The number of nitrogens with zero attached hydrogens (tertiary/aromatic N) is 2. The van der Waals surface area contributed by atoms with Crippen LogP contribution in [0.4, 0.5) is 17.1 Å². The van der Waals surface area contributed by atoms with E-state index in [1.807, 2.05) is 12.1 Å². The van der Waals surface area contributed by atoms with Crippen molar-refractivity contribution in [2.75, 3.05) is 4.90 Å². The Morgan fingerprint density at radius 1 is 0.379 bits per heavy atom. The molecule has 3 nitrogen and oxygen atoms in total. The first kappa shape index (κ1) is 33.7. The van der Waals surface area contributed by atoms with Crippen molar-refractivity contribution in [3.05, 3.63) is 218 Å². The zero-order chi connectivity index (χ0) is 38.6. The van der Waals surface area contributed by atoms with Crippen LogP contribution in [-0.2, 0) is 0 Å². The third-order valence-corrected chi connectivity index (χ3v) is 11.5. The number of aromatic nitrogens is 1. The first-order valence-corrected chi connectivity index (χ1v) is 19.8. The van der Waals surface area contributed by atoms with Gasteiger partial charge in [-0.25, -0.2) is 0 Å². The average molecular weight is 743 g/mol. The monoisotopic (exact) mass is 742 g/mol. The van der Waals surface area contributed by atoms with Crippen LogP contribution in [0.3, 0.4) is 0 Å². The van der Waals surface area contributed by atoms with E-state index in [0.29, 0.717) is 0 Å². The largest absolute Gasteiger partial charge is 0.455 e. The molecule has 3 heteroatoms. The van der Waals surface area contributed by atoms with Crippen molar-refractivity contribution < 1.29 is 4.42 Å². The van der Waals surface area contributed by atoms with E-state index in [4.69, 9.17) is 4.42 Å². The standard InChI is InChI=1S/C55H38N2O/c1-37-18-27-46(28-19-37)57-52-16-7-5-12-48(52)51-36-42(26-35-53(51)57)40-22-31-44(32-23-40)56(43-29-20-39(21-30-43)38-10-3-2-4-11-38)45-33-24-41(25-34-45)47-14-9-15-50-49-13-6-8-17-54(49)58-55(47)50/h2-36H,1H3. The number of fused-ring (bicyclic) bond motifs is 6. The molecule has 9 aromatic carbocycles. The van der Waals surface area contributed by atoms with Gasteiger partial charge in [0.15, 0.2) is 0 Å². The number of hydrogen-bond acceptors (Lipinski definition) is 2. The number of benzene rings is 9. The van der Waals surface area contributed by atoms with Crippen molar-refractivity contribution in [1.82, 2.24) is 4.57 Å². The zero-order valence-corrected chi connectivity index (χ0v) is 32.0. The van der Waals surface area contributed by atoms with Gasteiger partial charge in [-0.2, -0.15) is 0 Å². The summed E-state index contributed by atoms with van der Waals surface area (Å²) in [6, 6.07) is 76.3. The van der Waals surface area contributed by atoms with Gasteiger partial charge in [0.2, 0.25) is 0 Å². The molecule has 2 heterocycles. The molecule has 0 unspecified atom stereocenters. The Hall–Kier alpha value is -7.62. The molecule has 11 rings (SSSR count). The normalized spacial score (nSPS) is 11.5. The lowest BCUT2D eigenvalue weighted by atomic mass is 10.0. The SMILES string of the molecule is Cc1ccc(-n2c3ccccc3c3cc(-c4ccc(N(c5ccc(-c6ccccc6)cc5)c5ccc(-c6cccc7c6oc6ccccc67)cc5)cc4)ccc32)cc1. The summed E-state index contributed by atoms with van der Waals surface area (Å²) in [5.74, 6) is 0. The molecule has 0 aliphatic carbocycles. The second kappa shape index (κ2) is 13.8. The molecule has 2 aromatic heterocycles. The molecule has 0 saturated carbocycles. The van der Waals surface area contributed by atoms with E-state index < -0.39 is 0 Å². The van der Waals surface area contributed by atoms with Crippen LogP contribution in [0.15, 0.2) is 217 Å². The maximum absolute atomic E-state index is 6.41. The maximum Gasteiger partial charge on any atom is 0.143 e. The Bertz CT molecular complexity index is 3250. The second-order valence-electron chi connectivity index (χ2n) is 15.0. The van der Waals surface area contributed by atoms with Crippen LogP contribution in [0.1, 0.15) is 5.56 Å². The summed E-state index contributed by atoms with van der Waals surface area (Å²) in [5, 5.41) is 4.77. The van der Waals surface area contributed by atoms with Crippen molar-refractivity contribution in [2.24, 2.45) is 0 Å². The van der Waals surface area contributed by atoms with Crippen LogP contribution in [0.2, 0.25) is 0 Å². The summed E-state index contributed by atoms with van der Waals surface area (Å²) in [6.07, 6.45) is 0. The van der Waals surface area contributed by atoms with E-state index in [9.17, 15) is 0 Å². The lowest BCUT2D eigenvalue weighted by Crippen LogP contribution is -2.09. The Labute approximate surface area is 337 Å². The molecule has 0 bridgehead atoms. The molecule has 0 aliphatic rings. The van der Waals surface area contributed by atoms with Crippen LogP contribution >= 0.6 is 0 Å². The van der Waals surface area contributed by atoms with Gasteiger partial charge >= 0.3 is 0 Å². The summed E-state index contributed by atoms with van der Waals surface area (Å²) in [7, 11) is 0. The maximum atomic E-state index is 6.41. The average Bonchev–Trinajstić information content (AvgIpc) is 3.84. The summed E-state index contributed by atoms with van der Waals surface area (Å²) in [4.78, 5) is 2.34. The quantitative estimate of drug-likeness (QED) is 0.162. The third kappa shape index (κ3) is 5.75. The molecule has 0 spiro atoms. The van der Waals surface area contributed by atoms with Crippen LogP contribution in [0.5, 0.6) is 0 Å². The number of rotatable bonds is 7. The Morgan fingerprint density at radius 2 is 0.914 bits per heavy atom. The van der Waals surface area contributed by atoms with Gasteiger partial charge in [0, 0.05) is 49.9 Å². The topological polar surface area (TPSA) is 21.3 Å². The number of hydrogen-bond donors (Lipinski definition) is 0. The van der Waals surface area contributed by atoms with Crippen LogP contribution in [0, 0.1) is 6.92 Å². The predicted molar refractivity (Wildman–Crippen MR) is 244 cm³/mol. The number of furan rings is 1. The lowest BCUT2D eigenvalue weighted by molar-refractivity contribution is 0.670. The molecule has 0 radical (unpaired) electrons. The first-order chi connectivity index (χ1) is 28.7. The number of anilines is 3. The van der Waals surface area contributed by atoms with Gasteiger partial charge < -0.3 is 13.9 Å². The van der Waals surface area contributed by atoms with Gasteiger partial charge in [0.05, 0.1) is 11.0 Å². The van der Waals surface area contributed by atoms with Crippen molar-refractivity contribution in [3.8, 4) is 39.1 Å². The van der Waals surface area contributed by atoms with Gasteiger partial charge in [0.25, 0.3) is 0 Å². The molecule has 274 valence electrons. The Morgan fingerprint density at radius 3 is 1.62 bits per heavy atom. The summed E-state index contributed by atoms with van der Waals surface area (Å²) in [5.41, 5.74) is 16.9. The zero-order valence-electron chi connectivity index (χ0n) is 32.0. The smallest absolute Gasteiger partial charge is 0.143 e. The van der Waals surface area contributed by atoms with Gasteiger partial charge in [0.1, 0.15) is 11.2 Å². The molecule has 0 saturated heterocycles. The highest BCUT2D eigenvalue weighted by molar-refractivity contribution is 6.11. The summed E-state index contributed by atoms with van der Waals surface area (Å²) < 4.78 is 8.78. The second-order valence-corrected chi connectivity index (χ2v) is 15.0. The van der Waals surface area contributed by atoms with Crippen molar-refractivity contribution in [2.45, 2.75) is 6.92 Å². The molecule has 0 aliphatic heterocycles.